The molecule has 152 valence electrons. The average Bonchev–Trinajstić information content (AvgIpc) is 2.75. The lowest BCUT2D eigenvalue weighted by Crippen LogP contribution is -2.32. The van der Waals surface area contributed by atoms with Crippen molar-refractivity contribution < 1.29 is 14.3 Å². The third-order valence-electron chi connectivity index (χ3n) is 3.88. The Bertz CT molecular complexity index is 1070. The molecule has 8 heteroatoms. The maximum Gasteiger partial charge on any atom is 0.329 e. The summed E-state index contributed by atoms with van der Waals surface area (Å²) in [5.41, 5.74) is 4.19. The molecule has 3 aromatic carbocycles. The highest BCUT2D eigenvalue weighted by Gasteiger charge is 2.14. The molecule has 3 rings (SSSR count). The number of hydrogen-bond donors (Lipinski definition) is 2. The lowest BCUT2D eigenvalue weighted by molar-refractivity contribution is -0.136. The number of anilines is 1. The Morgan fingerprint density at radius 2 is 1.70 bits per heavy atom. The Morgan fingerprint density at radius 1 is 0.933 bits per heavy atom. The van der Waals surface area contributed by atoms with Crippen molar-refractivity contribution in [3.63, 3.8) is 0 Å². The molecule has 0 spiro atoms. The third-order valence-corrected chi connectivity index (χ3v) is 4.47. The third kappa shape index (κ3) is 6.34. The number of hydrogen-bond acceptors (Lipinski definition) is 4. The lowest BCUT2D eigenvalue weighted by atomic mass is 10.2. The molecule has 0 bridgehead atoms. The van der Waals surface area contributed by atoms with Crippen LogP contribution in [0.2, 0.25) is 10.0 Å². The van der Waals surface area contributed by atoms with Crippen molar-refractivity contribution in [3.05, 3.63) is 94.0 Å². The molecule has 0 fully saturated rings. The van der Waals surface area contributed by atoms with Crippen molar-refractivity contribution in [3.8, 4) is 5.75 Å². The molecule has 0 aliphatic rings. The summed E-state index contributed by atoms with van der Waals surface area (Å²) >= 11 is 11.8. The number of para-hydroxylation sites is 1. The van der Waals surface area contributed by atoms with Gasteiger partial charge in [0.05, 0.1) is 16.9 Å². The van der Waals surface area contributed by atoms with E-state index in [1.807, 2.05) is 18.2 Å². The Labute approximate surface area is 183 Å². The summed E-state index contributed by atoms with van der Waals surface area (Å²) in [6.45, 7) is 0.386. The van der Waals surface area contributed by atoms with Gasteiger partial charge in [-0.1, -0.05) is 59.6 Å². The second kappa shape index (κ2) is 10.4. The van der Waals surface area contributed by atoms with Crippen molar-refractivity contribution in [2.45, 2.75) is 6.61 Å². The van der Waals surface area contributed by atoms with Gasteiger partial charge in [-0.15, -0.1) is 0 Å². The van der Waals surface area contributed by atoms with Crippen molar-refractivity contribution >= 4 is 46.9 Å². The molecule has 0 radical (unpaired) electrons. The SMILES string of the molecule is O=C(N/N=C\c1cccc(OCc2ccc(Cl)cc2)c1)C(=O)Nc1ccccc1Cl. The smallest absolute Gasteiger partial charge is 0.329 e. The minimum Gasteiger partial charge on any atom is -0.489 e. The number of carbonyl (C=O) groups excluding carboxylic acids is 2. The van der Waals surface area contributed by atoms with Crippen LogP contribution in [-0.2, 0) is 16.2 Å². The molecule has 0 saturated heterocycles. The van der Waals surface area contributed by atoms with E-state index in [1.54, 1.807) is 54.6 Å². The van der Waals surface area contributed by atoms with Crippen molar-refractivity contribution in [2.75, 3.05) is 5.32 Å². The molecule has 2 N–H and O–H groups in total. The van der Waals surface area contributed by atoms with Gasteiger partial charge in [-0.2, -0.15) is 5.10 Å². The summed E-state index contributed by atoms with van der Waals surface area (Å²) in [6, 6.07) is 21.1. The number of nitrogens with one attached hydrogen (secondary N) is 2. The van der Waals surface area contributed by atoms with E-state index in [1.165, 1.54) is 6.21 Å². The second-order valence-corrected chi connectivity index (χ2v) is 6.96. The summed E-state index contributed by atoms with van der Waals surface area (Å²) in [6.07, 6.45) is 1.41. The largest absolute Gasteiger partial charge is 0.489 e. The number of rotatable bonds is 6. The van der Waals surface area contributed by atoms with Gasteiger partial charge in [0.15, 0.2) is 0 Å². The standard InChI is InChI=1S/C22H17Cl2N3O3/c23-17-10-8-15(9-11-17)14-30-18-5-3-4-16(12-18)13-25-27-22(29)21(28)26-20-7-2-1-6-19(20)24/h1-13H,14H2,(H,26,28)(H,27,29)/b25-13-. The van der Waals surface area contributed by atoms with Crippen LogP contribution in [0.1, 0.15) is 11.1 Å². The van der Waals surface area contributed by atoms with Gasteiger partial charge in [-0.3, -0.25) is 9.59 Å². The Kier molecular flexibility index (Phi) is 7.43. The highest BCUT2D eigenvalue weighted by Crippen LogP contribution is 2.20. The van der Waals surface area contributed by atoms with Crippen LogP contribution < -0.4 is 15.5 Å². The monoisotopic (exact) mass is 441 g/mol. The summed E-state index contributed by atoms with van der Waals surface area (Å²) in [5.74, 6) is -1.15. The molecule has 0 saturated carbocycles. The zero-order valence-electron chi connectivity index (χ0n) is 15.6. The average molecular weight is 442 g/mol. The van der Waals surface area contributed by atoms with Crippen LogP contribution in [0, 0.1) is 0 Å². The van der Waals surface area contributed by atoms with Crippen LogP contribution in [0.4, 0.5) is 5.69 Å². The molecule has 0 aliphatic carbocycles. The number of hydrazone groups is 1. The number of amides is 2. The lowest BCUT2D eigenvalue weighted by Gasteiger charge is -2.07. The summed E-state index contributed by atoms with van der Waals surface area (Å²) in [4.78, 5) is 23.8. The van der Waals surface area contributed by atoms with Crippen LogP contribution in [0.3, 0.4) is 0 Å². The second-order valence-electron chi connectivity index (χ2n) is 6.12. The van der Waals surface area contributed by atoms with Crippen molar-refractivity contribution in [1.29, 1.82) is 0 Å². The minimum absolute atomic E-state index is 0.331. The predicted molar refractivity (Wildman–Crippen MR) is 118 cm³/mol. The van der Waals surface area contributed by atoms with E-state index in [2.05, 4.69) is 15.8 Å². The molecule has 0 atom stereocenters. The molecular weight excluding hydrogens is 425 g/mol. The van der Waals surface area contributed by atoms with E-state index in [9.17, 15) is 9.59 Å². The number of halogens is 2. The van der Waals surface area contributed by atoms with Crippen molar-refractivity contribution in [2.24, 2.45) is 5.10 Å². The van der Waals surface area contributed by atoms with Gasteiger partial charge in [-0.25, -0.2) is 5.43 Å². The predicted octanol–water partition coefficient (Wildman–Crippen LogP) is 4.66. The van der Waals surface area contributed by atoms with Gasteiger partial charge >= 0.3 is 11.8 Å². The minimum atomic E-state index is -0.915. The number of benzene rings is 3. The van der Waals surface area contributed by atoms with Crippen LogP contribution in [-0.4, -0.2) is 18.0 Å². The van der Waals surface area contributed by atoms with E-state index >= 15 is 0 Å². The maximum atomic E-state index is 11.9. The summed E-state index contributed by atoms with van der Waals surface area (Å²) in [7, 11) is 0. The van der Waals surface area contributed by atoms with Gasteiger partial charge in [0.25, 0.3) is 0 Å². The number of nitrogens with zero attached hydrogens (tertiary/aromatic N) is 1. The topological polar surface area (TPSA) is 79.8 Å². The molecule has 30 heavy (non-hydrogen) atoms. The molecule has 3 aromatic rings. The normalized spacial score (nSPS) is 10.6. The fourth-order valence-corrected chi connectivity index (χ4v) is 2.70. The van der Waals surface area contributed by atoms with Gasteiger partial charge in [0.1, 0.15) is 12.4 Å². The zero-order chi connectivity index (χ0) is 21.3. The van der Waals surface area contributed by atoms with E-state index in [0.717, 1.165) is 5.56 Å². The Balaban J connectivity index is 1.52. The molecule has 2 amide bonds. The van der Waals surface area contributed by atoms with Gasteiger partial charge in [0.2, 0.25) is 0 Å². The van der Waals surface area contributed by atoms with E-state index in [0.29, 0.717) is 33.7 Å². The van der Waals surface area contributed by atoms with Crippen LogP contribution >= 0.6 is 23.2 Å². The summed E-state index contributed by atoms with van der Waals surface area (Å²) < 4.78 is 5.75. The number of carbonyl (C=O) groups is 2. The Morgan fingerprint density at radius 3 is 2.47 bits per heavy atom. The van der Waals surface area contributed by atoms with Gasteiger partial charge < -0.3 is 10.1 Å². The highest BCUT2D eigenvalue weighted by atomic mass is 35.5. The van der Waals surface area contributed by atoms with E-state index in [4.69, 9.17) is 27.9 Å². The van der Waals surface area contributed by atoms with Crippen LogP contribution in [0.15, 0.2) is 77.9 Å². The quantitative estimate of drug-likeness (QED) is 0.331. The van der Waals surface area contributed by atoms with E-state index in [-0.39, 0.29) is 0 Å². The van der Waals surface area contributed by atoms with E-state index < -0.39 is 11.8 Å². The highest BCUT2D eigenvalue weighted by molar-refractivity contribution is 6.41. The first-order valence-corrected chi connectivity index (χ1v) is 9.63. The van der Waals surface area contributed by atoms with Gasteiger partial charge in [-0.05, 0) is 47.5 Å². The van der Waals surface area contributed by atoms with Crippen molar-refractivity contribution in [1.82, 2.24) is 5.43 Å². The van der Waals surface area contributed by atoms with Crippen LogP contribution in [0.5, 0.6) is 5.75 Å². The molecule has 0 unspecified atom stereocenters. The van der Waals surface area contributed by atoms with Gasteiger partial charge in [0, 0.05) is 5.02 Å². The fraction of sp³-hybridized carbons (Fsp3) is 0.0455. The molecule has 0 aromatic heterocycles. The molecular formula is C22H17Cl2N3O3. The van der Waals surface area contributed by atoms with Crippen LogP contribution in [0.25, 0.3) is 0 Å². The summed E-state index contributed by atoms with van der Waals surface area (Å²) in [5, 5.41) is 7.22. The maximum absolute atomic E-state index is 11.9. The first-order chi connectivity index (χ1) is 14.5. The first kappa shape index (κ1) is 21.4. The molecule has 0 aliphatic heterocycles. The first-order valence-electron chi connectivity index (χ1n) is 8.87. The zero-order valence-corrected chi connectivity index (χ0v) is 17.2. The number of ether oxygens (including phenoxy) is 1. The fourth-order valence-electron chi connectivity index (χ4n) is 2.39. The molecule has 6 nitrogen and oxygen atoms in total. The Hall–Kier alpha value is -3.35. The molecule has 0 heterocycles.